The maximum absolute atomic E-state index is 12.3. The molecule has 0 radical (unpaired) electrons. The molecule has 2 N–H and O–H groups in total. The van der Waals surface area contributed by atoms with E-state index >= 15 is 0 Å². The second kappa shape index (κ2) is 6.17. The summed E-state index contributed by atoms with van der Waals surface area (Å²) in [6.07, 6.45) is 1.52. The van der Waals surface area contributed by atoms with E-state index in [1.807, 2.05) is 31.2 Å². The minimum absolute atomic E-state index is 0.146. The van der Waals surface area contributed by atoms with Crippen LogP contribution in [0.5, 0.6) is 0 Å². The monoisotopic (exact) mass is 391 g/mol. The number of hydrogen-bond acceptors (Lipinski definition) is 3. The van der Waals surface area contributed by atoms with Crippen LogP contribution in [0, 0.1) is 6.92 Å². The van der Waals surface area contributed by atoms with Crippen LogP contribution >= 0.6 is 15.9 Å². The number of rotatable bonds is 4. The van der Waals surface area contributed by atoms with E-state index in [9.17, 15) is 8.42 Å². The Labute approximate surface area is 142 Å². The van der Waals surface area contributed by atoms with E-state index in [1.54, 1.807) is 18.2 Å². The molecule has 23 heavy (non-hydrogen) atoms. The van der Waals surface area contributed by atoms with Crippen LogP contribution in [0.2, 0.25) is 0 Å². The van der Waals surface area contributed by atoms with Crippen molar-refractivity contribution in [1.29, 1.82) is 0 Å². The quantitative estimate of drug-likeness (QED) is 0.527. The van der Waals surface area contributed by atoms with Gasteiger partial charge in [-0.1, -0.05) is 30.3 Å². The van der Waals surface area contributed by atoms with Gasteiger partial charge in [-0.15, -0.1) is 0 Å². The predicted molar refractivity (Wildman–Crippen MR) is 95.1 cm³/mol. The van der Waals surface area contributed by atoms with Crippen LogP contribution in [0.1, 0.15) is 11.3 Å². The molecule has 0 atom stereocenters. The Kier molecular flexibility index (Phi) is 4.23. The zero-order valence-corrected chi connectivity index (χ0v) is 14.6. The van der Waals surface area contributed by atoms with Gasteiger partial charge in [0.15, 0.2) is 0 Å². The highest BCUT2D eigenvalue weighted by Crippen LogP contribution is 2.22. The number of aryl methyl sites for hydroxylation is 1. The summed E-state index contributed by atoms with van der Waals surface area (Å²) in [5.41, 5.74) is 2.77. The fourth-order valence-corrected chi connectivity index (χ4v) is 4.13. The zero-order chi connectivity index (χ0) is 16.4. The first-order valence-electron chi connectivity index (χ1n) is 6.86. The molecule has 118 valence electrons. The number of nitrogens with one attached hydrogen (secondary N) is 2. The minimum Gasteiger partial charge on any atom is -0.358 e. The number of aromatic amines is 1. The Morgan fingerprint density at radius 2 is 1.83 bits per heavy atom. The van der Waals surface area contributed by atoms with Gasteiger partial charge in [0.2, 0.25) is 0 Å². The maximum atomic E-state index is 12.3. The van der Waals surface area contributed by atoms with Crippen LogP contribution in [0.3, 0.4) is 0 Å². The van der Waals surface area contributed by atoms with Crippen LogP contribution < -0.4 is 4.83 Å². The van der Waals surface area contributed by atoms with E-state index in [1.165, 1.54) is 12.3 Å². The van der Waals surface area contributed by atoms with Crippen LogP contribution in [0.25, 0.3) is 10.9 Å². The standard InChI is InChI=1S/C16H14BrN3O2S/c1-11-13(12-6-2-4-8-15(12)19-11)10-18-20-23(21,22)16-9-5-3-7-14(16)17/h2-10,19-20H,1H3/b18-10+. The molecule has 0 aliphatic rings. The number of hydrazone groups is 1. The van der Waals surface area contributed by atoms with Crippen LogP contribution in [0.15, 0.2) is 63.0 Å². The first-order chi connectivity index (χ1) is 11.0. The van der Waals surface area contributed by atoms with E-state index in [0.717, 1.165) is 22.2 Å². The van der Waals surface area contributed by atoms with Gasteiger partial charge in [0.1, 0.15) is 4.90 Å². The molecule has 0 spiro atoms. The second-order valence-corrected chi connectivity index (χ2v) is 7.48. The predicted octanol–water partition coefficient (Wildman–Crippen LogP) is 3.55. The summed E-state index contributed by atoms with van der Waals surface area (Å²) in [6.45, 7) is 1.92. The molecule has 0 saturated carbocycles. The largest absolute Gasteiger partial charge is 0.358 e. The molecule has 0 bridgehead atoms. The van der Waals surface area contributed by atoms with Gasteiger partial charge in [-0.3, -0.25) is 0 Å². The highest BCUT2D eigenvalue weighted by Gasteiger charge is 2.16. The van der Waals surface area contributed by atoms with Crippen molar-refractivity contribution in [1.82, 2.24) is 9.82 Å². The summed E-state index contributed by atoms with van der Waals surface area (Å²) in [6, 6.07) is 14.4. The topological polar surface area (TPSA) is 74.3 Å². The average Bonchev–Trinajstić information content (AvgIpc) is 2.83. The fraction of sp³-hybridized carbons (Fsp3) is 0.0625. The number of nitrogens with zero attached hydrogens (tertiary/aromatic N) is 1. The summed E-state index contributed by atoms with van der Waals surface area (Å²) in [4.78, 5) is 5.63. The Morgan fingerprint density at radius 1 is 1.13 bits per heavy atom. The third-order valence-corrected chi connectivity index (χ3v) is 5.67. The normalized spacial score (nSPS) is 12.1. The molecule has 0 amide bonds. The van der Waals surface area contributed by atoms with Crippen molar-refractivity contribution in [2.24, 2.45) is 5.10 Å². The molecular formula is C16H14BrN3O2S. The van der Waals surface area contributed by atoms with Crippen molar-refractivity contribution >= 4 is 43.1 Å². The number of hydrogen-bond donors (Lipinski definition) is 2. The number of H-pyrrole nitrogens is 1. The van der Waals surface area contributed by atoms with Crippen molar-refractivity contribution in [3.8, 4) is 0 Å². The molecular weight excluding hydrogens is 378 g/mol. The highest BCUT2D eigenvalue weighted by atomic mass is 79.9. The summed E-state index contributed by atoms with van der Waals surface area (Å²) in [7, 11) is -3.72. The third-order valence-electron chi connectivity index (χ3n) is 3.44. The molecule has 1 aromatic heterocycles. The summed E-state index contributed by atoms with van der Waals surface area (Å²) in [5.74, 6) is 0. The lowest BCUT2D eigenvalue weighted by atomic mass is 10.1. The van der Waals surface area contributed by atoms with Gasteiger partial charge in [-0.2, -0.15) is 13.5 Å². The molecule has 0 aliphatic carbocycles. The SMILES string of the molecule is Cc1[nH]c2ccccc2c1/C=N/NS(=O)(=O)c1ccccc1Br. The first-order valence-corrected chi connectivity index (χ1v) is 9.13. The third kappa shape index (κ3) is 3.16. The maximum Gasteiger partial charge on any atom is 0.277 e. The summed E-state index contributed by atoms with van der Waals surface area (Å²) < 4.78 is 25.0. The van der Waals surface area contributed by atoms with Crippen molar-refractivity contribution < 1.29 is 8.42 Å². The van der Waals surface area contributed by atoms with Gasteiger partial charge in [0, 0.05) is 26.6 Å². The number of para-hydroxylation sites is 1. The number of sulfonamides is 1. The second-order valence-electron chi connectivity index (χ2n) is 4.99. The molecule has 0 unspecified atom stereocenters. The fourth-order valence-electron chi connectivity index (χ4n) is 2.34. The smallest absolute Gasteiger partial charge is 0.277 e. The van der Waals surface area contributed by atoms with Crippen LogP contribution in [-0.2, 0) is 10.0 Å². The first kappa shape index (κ1) is 15.8. The molecule has 5 nitrogen and oxygen atoms in total. The highest BCUT2D eigenvalue weighted by molar-refractivity contribution is 9.10. The molecule has 7 heteroatoms. The van der Waals surface area contributed by atoms with Gasteiger partial charge in [-0.05, 0) is 41.1 Å². The average molecular weight is 392 g/mol. The van der Waals surface area contributed by atoms with Crippen molar-refractivity contribution in [2.45, 2.75) is 11.8 Å². The number of fused-ring (bicyclic) bond motifs is 1. The van der Waals surface area contributed by atoms with Crippen molar-refractivity contribution in [3.63, 3.8) is 0 Å². The molecule has 1 heterocycles. The van der Waals surface area contributed by atoms with E-state index in [4.69, 9.17) is 0 Å². The molecule has 3 aromatic rings. The zero-order valence-electron chi connectivity index (χ0n) is 12.2. The lowest BCUT2D eigenvalue weighted by Gasteiger charge is -2.05. The molecule has 0 saturated heterocycles. The van der Waals surface area contributed by atoms with Crippen LogP contribution in [0.4, 0.5) is 0 Å². The van der Waals surface area contributed by atoms with Crippen molar-refractivity contribution in [3.05, 3.63) is 64.3 Å². The Bertz CT molecular complexity index is 993. The Balaban J connectivity index is 1.89. The van der Waals surface area contributed by atoms with E-state index in [0.29, 0.717) is 4.47 Å². The Hall–Kier alpha value is -2.12. The van der Waals surface area contributed by atoms with E-state index < -0.39 is 10.0 Å². The van der Waals surface area contributed by atoms with Gasteiger partial charge in [0.05, 0.1) is 6.21 Å². The lowest BCUT2D eigenvalue weighted by molar-refractivity contribution is 0.584. The van der Waals surface area contributed by atoms with Crippen LogP contribution in [-0.4, -0.2) is 19.6 Å². The van der Waals surface area contributed by atoms with E-state index in [-0.39, 0.29) is 4.90 Å². The number of halogens is 1. The molecule has 2 aromatic carbocycles. The van der Waals surface area contributed by atoms with Gasteiger partial charge >= 0.3 is 0 Å². The van der Waals surface area contributed by atoms with E-state index in [2.05, 4.69) is 30.8 Å². The minimum atomic E-state index is -3.72. The molecule has 3 rings (SSSR count). The van der Waals surface area contributed by atoms with Gasteiger partial charge < -0.3 is 4.98 Å². The van der Waals surface area contributed by atoms with Gasteiger partial charge in [-0.25, -0.2) is 4.83 Å². The Morgan fingerprint density at radius 3 is 2.61 bits per heavy atom. The molecule has 0 aliphatic heterocycles. The van der Waals surface area contributed by atoms with Crippen molar-refractivity contribution in [2.75, 3.05) is 0 Å². The summed E-state index contributed by atoms with van der Waals surface area (Å²) >= 11 is 3.23. The number of benzene rings is 2. The van der Waals surface area contributed by atoms with Gasteiger partial charge in [0.25, 0.3) is 10.0 Å². The summed E-state index contributed by atoms with van der Waals surface area (Å²) in [5, 5.41) is 4.90. The molecule has 0 fully saturated rings. The lowest BCUT2D eigenvalue weighted by Crippen LogP contribution is -2.18. The number of aromatic nitrogens is 1.